The summed E-state index contributed by atoms with van der Waals surface area (Å²) in [5, 5.41) is 0.620. The number of nitrogens with zero attached hydrogens (tertiary/aromatic N) is 1. The number of rotatable bonds is 6. The number of methoxy groups -OCH3 is 1. The lowest BCUT2D eigenvalue weighted by Crippen LogP contribution is -2.28. The van der Waals surface area contributed by atoms with Gasteiger partial charge in [-0.2, -0.15) is 0 Å². The lowest BCUT2D eigenvalue weighted by molar-refractivity contribution is -0.136. The Kier molecular flexibility index (Phi) is 6.43. The Hall–Kier alpha value is -2.98. The van der Waals surface area contributed by atoms with E-state index in [1.165, 1.54) is 18.9 Å². The van der Waals surface area contributed by atoms with Gasteiger partial charge in [0.25, 0.3) is 5.24 Å². The first-order valence-electron chi connectivity index (χ1n) is 9.76. The molecule has 2 atom stereocenters. The van der Waals surface area contributed by atoms with E-state index >= 15 is 0 Å². The molecule has 0 bridgehead atoms. The van der Waals surface area contributed by atoms with Crippen LogP contribution >= 0.6 is 23.5 Å². The minimum atomic E-state index is -0.802. The Morgan fingerprint density at radius 3 is 2.53 bits per heavy atom. The van der Waals surface area contributed by atoms with Crippen LogP contribution in [0.25, 0.3) is 0 Å². The number of nitrogens with one attached hydrogen (secondary N) is 1. The average Bonchev–Trinajstić information content (AvgIpc) is 3.30. The molecular formula is C22H20N2O6S2. The molecule has 2 aromatic rings. The number of hydrogen-bond donors (Lipinski definition) is 1. The lowest BCUT2D eigenvalue weighted by atomic mass is 10.1. The van der Waals surface area contributed by atoms with Crippen LogP contribution in [0.2, 0.25) is 0 Å². The maximum Gasteiger partial charge on any atom is 0.312 e. The van der Waals surface area contributed by atoms with Crippen molar-refractivity contribution in [2.75, 3.05) is 17.8 Å². The molecule has 2 heterocycles. The Labute approximate surface area is 193 Å². The van der Waals surface area contributed by atoms with Gasteiger partial charge in [0.15, 0.2) is 11.5 Å². The first-order chi connectivity index (χ1) is 15.4. The van der Waals surface area contributed by atoms with Crippen LogP contribution in [0, 0.1) is 6.92 Å². The molecule has 2 aromatic carbocycles. The number of aryl methyl sites for hydroxylation is 1. The summed E-state index contributed by atoms with van der Waals surface area (Å²) in [5.41, 5.74) is 2.75. The Morgan fingerprint density at radius 1 is 1.12 bits per heavy atom. The maximum atomic E-state index is 12.6. The second kappa shape index (κ2) is 9.25. The normalized spacial score (nSPS) is 20.4. The molecular weight excluding hydrogens is 452 g/mol. The van der Waals surface area contributed by atoms with Crippen molar-refractivity contribution >= 4 is 52.2 Å². The van der Waals surface area contributed by atoms with Crippen molar-refractivity contribution in [1.82, 2.24) is 5.32 Å². The number of carbonyl (C=O) groups is 4. The zero-order valence-electron chi connectivity index (χ0n) is 17.3. The van der Waals surface area contributed by atoms with Crippen LogP contribution in [-0.4, -0.2) is 41.1 Å². The molecule has 10 heteroatoms. The molecule has 0 aliphatic carbocycles. The van der Waals surface area contributed by atoms with Gasteiger partial charge < -0.3 is 9.47 Å². The summed E-state index contributed by atoms with van der Waals surface area (Å²) in [6.07, 6.45) is -0.235. The smallest absolute Gasteiger partial charge is 0.312 e. The fraction of sp³-hybridized carbons (Fsp3) is 0.273. The quantitative estimate of drug-likeness (QED) is 0.504. The third-order valence-electron chi connectivity index (χ3n) is 5.00. The molecule has 32 heavy (non-hydrogen) atoms. The Balaban J connectivity index is 1.52. The third-order valence-corrected chi connectivity index (χ3v) is 7.19. The highest BCUT2D eigenvalue weighted by Crippen LogP contribution is 2.44. The molecule has 166 valence electrons. The van der Waals surface area contributed by atoms with Crippen LogP contribution in [0.3, 0.4) is 0 Å². The van der Waals surface area contributed by atoms with Crippen LogP contribution in [0.4, 0.5) is 10.5 Å². The number of amides is 3. The highest BCUT2D eigenvalue weighted by Gasteiger charge is 2.36. The van der Waals surface area contributed by atoms with Gasteiger partial charge in [0.1, 0.15) is 10.6 Å². The SMILES string of the molecule is COc1cc([C@H]2SCC(=O)N2c2ccc(C)cc2)ccc1OC(=O)C[C@H]1SC(=O)NC1=O. The van der Waals surface area contributed by atoms with Gasteiger partial charge in [-0.3, -0.25) is 29.4 Å². The molecule has 4 rings (SSSR count). The minimum Gasteiger partial charge on any atom is -0.493 e. The molecule has 2 saturated heterocycles. The van der Waals surface area contributed by atoms with E-state index < -0.39 is 22.4 Å². The molecule has 3 amide bonds. The molecule has 2 fully saturated rings. The van der Waals surface area contributed by atoms with Gasteiger partial charge in [-0.05, 0) is 36.8 Å². The van der Waals surface area contributed by atoms with Crippen molar-refractivity contribution in [3.8, 4) is 11.5 Å². The van der Waals surface area contributed by atoms with Gasteiger partial charge in [-0.15, -0.1) is 11.8 Å². The summed E-state index contributed by atoms with van der Waals surface area (Å²) >= 11 is 2.27. The van der Waals surface area contributed by atoms with Gasteiger partial charge in [-0.25, -0.2) is 0 Å². The van der Waals surface area contributed by atoms with Crippen LogP contribution in [-0.2, 0) is 14.4 Å². The summed E-state index contributed by atoms with van der Waals surface area (Å²) in [7, 11) is 1.46. The topological polar surface area (TPSA) is 102 Å². The molecule has 2 aliphatic heterocycles. The van der Waals surface area contributed by atoms with E-state index in [1.807, 2.05) is 31.2 Å². The molecule has 0 radical (unpaired) electrons. The van der Waals surface area contributed by atoms with E-state index in [4.69, 9.17) is 9.47 Å². The molecule has 1 N–H and O–H groups in total. The molecule has 0 spiro atoms. The van der Waals surface area contributed by atoms with Gasteiger partial charge in [0.2, 0.25) is 11.8 Å². The maximum absolute atomic E-state index is 12.6. The second-order valence-electron chi connectivity index (χ2n) is 7.23. The fourth-order valence-corrected chi connectivity index (χ4v) is 5.39. The molecule has 0 unspecified atom stereocenters. The van der Waals surface area contributed by atoms with Crippen molar-refractivity contribution in [2.24, 2.45) is 0 Å². The van der Waals surface area contributed by atoms with Crippen molar-refractivity contribution in [1.29, 1.82) is 0 Å². The second-order valence-corrected chi connectivity index (χ2v) is 9.48. The highest BCUT2D eigenvalue weighted by atomic mass is 32.2. The van der Waals surface area contributed by atoms with Crippen LogP contribution in [0.1, 0.15) is 22.9 Å². The average molecular weight is 473 g/mol. The predicted octanol–water partition coefficient (Wildman–Crippen LogP) is 3.43. The summed E-state index contributed by atoms with van der Waals surface area (Å²) in [4.78, 5) is 49.5. The van der Waals surface area contributed by atoms with E-state index in [0.29, 0.717) is 11.5 Å². The largest absolute Gasteiger partial charge is 0.493 e. The van der Waals surface area contributed by atoms with E-state index in [0.717, 1.165) is 28.6 Å². The molecule has 2 aliphatic rings. The van der Waals surface area contributed by atoms with Crippen molar-refractivity contribution < 1.29 is 28.7 Å². The van der Waals surface area contributed by atoms with Crippen LogP contribution < -0.4 is 19.7 Å². The Bertz CT molecular complexity index is 1090. The monoisotopic (exact) mass is 472 g/mol. The number of benzene rings is 2. The first-order valence-corrected chi connectivity index (χ1v) is 11.7. The summed E-state index contributed by atoms with van der Waals surface area (Å²) in [5.74, 6) is -0.243. The Morgan fingerprint density at radius 2 is 1.88 bits per heavy atom. The van der Waals surface area contributed by atoms with E-state index in [-0.39, 0.29) is 23.5 Å². The minimum absolute atomic E-state index is 0.0141. The molecule has 0 saturated carbocycles. The summed E-state index contributed by atoms with van der Waals surface area (Å²) in [6.45, 7) is 1.99. The van der Waals surface area contributed by atoms with E-state index in [2.05, 4.69) is 5.32 Å². The van der Waals surface area contributed by atoms with Crippen molar-refractivity contribution in [3.63, 3.8) is 0 Å². The van der Waals surface area contributed by atoms with Crippen molar-refractivity contribution in [3.05, 3.63) is 53.6 Å². The molecule has 0 aromatic heterocycles. The van der Waals surface area contributed by atoms with Crippen LogP contribution in [0.5, 0.6) is 11.5 Å². The van der Waals surface area contributed by atoms with Gasteiger partial charge in [0.05, 0.1) is 19.3 Å². The number of hydrogen-bond acceptors (Lipinski definition) is 8. The number of esters is 1. The van der Waals surface area contributed by atoms with E-state index in [1.54, 1.807) is 23.1 Å². The number of imide groups is 1. The van der Waals surface area contributed by atoms with Gasteiger partial charge in [-0.1, -0.05) is 35.5 Å². The summed E-state index contributed by atoms with van der Waals surface area (Å²) in [6, 6.07) is 12.9. The zero-order valence-corrected chi connectivity index (χ0v) is 19.0. The zero-order chi connectivity index (χ0) is 22.8. The van der Waals surface area contributed by atoms with Gasteiger partial charge >= 0.3 is 5.97 Å². The molecule has 8 nitrogen and oxygen atoms in total. The van der Waals surface area contributed by atoms with Crippen LogP contribution in [0.15, 0.2) is 42.5 Å². The summed E-state index contributed by atoms with van der Waals surface area (Å²) < 4.78 is 10.8. The predicted molar refractivity (Wildman–Crippen MR) is 122 cm³/mol. The number of thioether (sulfide) groups is 2. The highest BCUT2D eigenvalue weighted by molar-refractivity contribution is 8.15. The van der Waals surface area contributed by atoms with Gasteiger partial charge in [0, 0.05) is 5.69 Å². The van der Waals surface area contributed by atoms with E-state index in [9.17, 15) is 19.2 Å². The van der Waals surface area contributed by atoms with Crippen molar-refractivity contribution in [2.45, 2.75) is 24.0 Å². The number of ether oxygens (including phenoxy) is 2. The standard InChI is InChI=1S/C22H20N2O6S2/c1-12-3-6-14(7-4-12)24-18(25)11-31-21(24)13-5-8-15(16(9-13)29-2)30-19(26)10-17-20(27)23-22(28)32-17/h3-9,17,21H,10-11H2,1-2H3,(H,23,27,28)/t17-,21-/m1/s1. The first kappa shape index (κ1) is 22.2. The fourth-order valence-electron chi connectivity index (χ4n) is 3.42. The number of carbonyl (C=O) groups excluding carboxylic acids is 4. The number of anilines is 1. The third kappa shape index (κ3) is 4.61. The lowest BCUT2D eigenvalue weighted by Gasteiger charge is -2.25.